The third-order valence-corrected chi connectivity index (χ3v) is 5.47. The van der Waals surface area contributed by atoms with E-state index < -0.39 is 0 Å². The Balaban J connectivity index is 1.66. The molecular weight excluding hydrogens is 396 g/mol. The molecule has 0 atom stereocenters. The molecule has 6 heteroatoms. The number of amides is 1. The van der Waals surface area contributed by atoms with Crippen molar-refractivity contribution < 1.29 is 14.3 Å². The lowest BCUT2D eigenvalue weighted by Gasteiger charge is -2.21. The molecule has 0 spiro atoms. The SMILES string of the molecule is C=CCN(Cc1ccc(OC)cc1)C(=O)Cc1csc(-c2ccc(OCC)cc2)n1. The molecule has 0 fully saturated rings. The van der Waals surface area contributed by atoms with Gasteiger partial charge >= 0.3 is 0 Å². The van der Waals surface area contributed by atoms with Crippen LogP contribution in [-0.2, 0) is 17.8 Å². The minimum Gasteiger partial charge on any atom is -0.497 e. The highest BCUT2D eigenvalue weighted by molar-refractivity contribution is 7.13. The number of carbonyl (C=O) groups is 1. The third kappa shape index (κ3) is 5.70. The zero-order valence-electron chi connectivity index (χ0n) is 17.3. The molecule has 0 unspecified atom stereocenters. The number of hydrogen-bond acceptors (Lipinski definition) is 5. The van der Waals surface area contributed by atoms with Crippen LogP contribution in [0.1, 0.15) is 18.2 Å². The Morgan fingerprint density at radius 2 is 1.83 bits per heavy atom. The van der Waals surface area contributed by atoms with Gasteiger partial charge in [0.05, 0.1) is 25.8 Å². The van der Waals surface area contributed by atoms with Crippen LogP contribution in [0, 0.1) is 0 Å². The zero-order chi connectivity index (χ0) is 21.3. The fraction of sp³-hybridized carbons (Fsp3) is 0.250. The van der Waals surface area contributed by atoms with Gasteiger partial charge in [-0.25, -0.2) is 4.98 Å². The Bertz CT molecular complexity index is 965. The van der Waals surface area contributed by atoms with Gasteiger partial charge in [0.25, 0.3) is 0 Å². The van der Waals surface area contributed by atoms with Gasteiger partial charge in [-0.05, 0) is 48.9 Å². The van der Waals surface area contributed by atoms with Gasteiger partial charge in [0, 0.05) is 24.0 Å². The van der Waals surface area contributed by atoms with Crippen molar-refractivity contribution in [3.8, 4) is 22.1 Å². The number of hydrogen-bond donors (Lipinski definition) is 0. The highest BCUT2D eigenvalue weighted by atomic mass is 32.1. The number of nitrogens with zero attached hydrogens (tertiary/aromatic N) is 2. The summed E-state index contributed by atoms with van der Waals surface area (Å²) >= 11 is 1.54. The van der Waals surface area contributed by atoms with Crippen molar-refractivity contribution in [1.82, 2.24) is 9.88 Å². The first-order chi connectivity index (χ1) is 14.6. The molecule has 0 bridgehead atoms. The molecule has 0 aliphatic rings. The number of thiazole rings is 1. The predicted molar refractivity (Wildman–Crippen MR) is 121 cm³/mol. The molecule has 5 nitrogen and oxygen atoms in total. The van der Waals surface area contributed by atoms with Crippen LogP contribution in [0.3, 0.4) is 0 Å². The second kappa shape index (κ2) is 10.6. The zero-order valence-corrected chi connectivity index (χ0v) is 18.2. The quantitative estimate of drug-likeness (QED) is 0.433. The number of ether oxygens (including phenoxy) is 2. The molecule has 0 aliphatic heterocycles. The first-order valence-corrected chi connectivity index (χ1v) is 10.7. The van der Waals surface area contributed by atoms with E-state index in [4.69, 9.17) is 9.47 Å². The van der Waals surface area contributed by atoms with E-state index >= 15 is 0 Å². The second-order valence-electron chi connectivity index (χ2n) is 6.69. The number of methoxy groups -OCH3 is 1. The van der Waals surface area contributed by atoms with Crippen molar-refractivity contribution in [2.45, 2.75) is 19.9 Å². The monoisotopic (exact) mass is 422 g/mol. The van der Waals surface area contributed by atoms with Crippen LogP contribution in [0.4, 0.5) is 0 Å². The lowest BCUT2D eigenvalue weighted by atomic mass is 10.2. The van der Waals surface area contributed by atoms with Crippen molar-refractivity contribution in [3.63, 3.8) is 0 Å². The fourth-order valence-electron chi connectivity index (χ4n) is 3.01. The number of carbonyl (C=O) groups excluding carboxylic acids is 1. The van der Waals surface area contributed by atoms with E-state index in [1.807, 2.05) is 60.8 Å². The van der Waals surface area contributed by atoms with E-state index in [9.17, 15) is 4.79 Å². The molecule has 0 saturated carbocycles. The van der Waals surface area contributed by atoms with E-state index in [0.717, 1.165) is 33.3 Å². The van der Waals surface area contributed by atoms with Crippen LogP contribution < -0.4 is 9.47 Å². The average Bonchev–Trinajstić information content (AvgIpc) is 3.23. The van der Waals surface area contributed by atoms with E-state index in [1.165, 1.54) is 0 Å². The van der Waals surface area contributed by atoms with E-state index in [-0.39, 0.29) is 12.3 Å². The summed E-state index contributed by atoms with van der Waals surface area (Å²) in [4.78, 5) is 19.3. The summed E-state index contributed by atoms with van der Waals surface area (Å²) in [6.45, 7) is 7.39. The third-order valence-electron chi connectivity index (χ3n) is 4.53. The lowest BCUT2D eigenvalue weighted by Crippen LogP contribution is -2.32. The Morgan fingerprint density at radius 1 is 1.13 bits per heavy atom. The van der Waals surface area contributed by atoms with E-state index in [1.54, 1.807) is 29.4 Å². The molecule has 1 amide bonds. The van der Waals surface area contributed by atoms with Crippen molar-refractivity contribution >= 4 is 17.2 Å². The van der Waals surface area contributed by atoms with Gasteiger partial charge in [-0.1, -0.05) is 18.2 Å². The summed E-state index contributed by atoms with van der Waals surface area (Å²) in [7, 11) is 1.64. The highest BCUT2D eigenvalue weighted by Crippen LogP contribution is 2.26. The van der Waals surface area contributed by atoms with Gasteiger partial charge in [-0.3, -0.25) is 4.79 Å². The molecule has 3 aromatic rings. The van der Waals surface area contributed by atoms with Crippen LogP contribution in [0.25, 0.3) is 10.6 Å². The standard InChI is InChI=1S/C24H26N2O3S/c1-4-14-26(16-18-6-10-21(28-3)11-7-18)23(27)15-20-17-30-24(25-20)19-8-12-22(13-9-19)29-5-2/h4,6-13,17H,1,5,14-16H2,2-3H3. The normalized spacial score (nSPS) is 10.5. The summed E-state index contributed by atoms with van der Waals surface area (Å²) in [5, 5.41) is 2.84. The molecule has 0 saturated heterocycles. The maximum atomic E-state index is 12.9. The molecule has 0 N–H and O–H groups in total. The topological polar surface area (TPSA) is 51.7 Å². The average molecular weight is 423 g/mol. The van der Waals surface area contributed by atoms with Gasteiger partial charge in [-0.15, -0.1) is 17.9 Å². The van der Waals surface area contributed by atoms with Crippen LogP contribution in [-0.4, -0.2) is 36.1 Å². The maximum Gasteiger partial charge on any atom is 0.229 e. The van der Waals surface area contributed by atoms with Crippen molar-refractivity contribution in [1.29, 1.82) is 0 Å². The lowest BCUT2D eigenvalue weighted by molar-refractivity contribution is -0.130. The summed E-state index contributed by atoms with van der Waals surface area (Å²) in [6.07, 6.45) is 2.01. The van der Waals surface area contributed by atoms with Crippen LogP contribution >= 0.6 is 11.3 Å². The Kier molecular flexibility index (Phi) is 7.63. The van der Waals surface area contributed by atoms with Crippen molar-refractivity contribution in [3.05, 3.63) is 77.8 Å². The van der Waals surface area contributed by atoms with Gasteiger partial charge in [0.15, 0.2) is 0 Å². The molecule has 30 heavy (non-hydrogen) atoms. The molecule has 0 aliphatic carbocycles. The van der Waals surface area contributed by atoms with E-state index in [2.05, 4.69) is 11.6 Å². The van der Waals surface area contributed by atoms with Crippen molar-refractivity contribution in [2.75, 3.05) is 20.3 Å². The molecular formula is C24H26N2O3S. The smallest absolute Gasteiger partial charge is 0.229 e. The maximum absolute atomic E-state index is 12.9. The molecule has 156 valence electrons. The number of aromatic nitrogens is 1. The first-order valence-electron chi connectivity index (χ1n) is 9.82. The molecule has 0 radical (unpaired) electrons. The van der Waals surface area contributed by atoms with Crippen LogP contribution in [0.15, 0.2) is 66.6 Å². The highest BCUT2D eigenvalue weighted by Gasteiger charge is 2.16. The fourth-order valence-corrected chi connectivity index (χ4v) is 3.84. The summed E-state index contributed by atoms with van der Waals surface area (Å²) in [5.41, 5.74) is 2.83. The predicted octanol–water partition coefficient (Wildman–Crippen LogP) is 4.97. The molecule has 2 aromatic carbocycles. The van der Waals surface area contributed by atoms with Crippen LogP contribution in [0.5, 0.6) is 11.5 Å². The van der Waals surface area contributed by atoms with Gasteiger partial charge < -0.3 is 14.4 Å². The van der Waals surface area contributed by atoms with Crippen molar-refractivity contribution in [2.24, 2.45) is 0 Å². The van der Waals surface area contributed by atoms with E-state index in [0.29, 0.717) is 19.7 Å². The largest absolute Gasteiger partial charge is 0.497 e. The Morgan fingerprint density at radius 3 is 2.47 bits per heavy atom. The molecule has 1 aromatic heterocycles. The molecule has 1 heterocycles. The minimum atomic E-state index is 0.0225. The minimum absolute atomic E-state index is 0.0225. The van der Waals surface area contributed by atoms with Gasteiger partial charge in [-0.2, -0.15) is 0 Å². The summed E-state index contributed by atoms with van der Waals surface area (Å²) in [6, 6.07) is 15.6. The first kappa shape index (κ1) is 21.6. The number of benzene rings is 2. The second-order valence-corrected chi connectivity index (χ2v) is 7.55. The van der Waals surface area contributed by atoms with Gasteiger partial charge in [0.2, 0.25) is 5.91 Å². The van der Waals surface area contributed by atoms with Crippen LogP contribution in [0.2, 0.25) is 0 Å². The Labute approximate surface area is 181 Å². The number of rotatable bonds is 10. The summed E-state index contributed by atoms with van der Waals surface area (Å²) in [5.74, 6) is 1.66. The Hall–Kier alpha value is -3.12. The summed E-state index contributed by atoms with van der Waals surface area (Å²) < 4.78 is 10.7. The van der Waals surface area contributed by atoms with Gasteiger partial charge in [0.1, 0.15) is 16.5 Å². The molecule has 3 rings (SSSR count).